The van der Waals surface area contributed by atoms with Crippen LogP contribution in [-0.4, -0.2) is 375 Å². The zero-order valence-electron chi connectivity index (χ0n) is 78.8. The molecule has 0 aliphatic carbocycles. The number of imide groups is 1. The first-order valence-corrected chi connectivity index (χ1v) is 46.2. The second kappa shape index (κ2) is 63.3. The molecule has 0 spiro atoms. The Balaban J connectivity index is 0.652. The van der Waals surface area contributed by atoms with Crippen LogP contribution in [0.15, 0.2) is 89.6 Å². The van der Waals surface area contributed by atoms with Gasteiger partial charge in [-0.2, -0.15) is 0 Å². The number of carboxylic acid groups (broad SMARTS) is 3. The van der Waals surface area contributed by atoms with Crippen LogP contribution >= 0.6 is 0 Å². The quantitative estimate of drug-likeness (QED) is 0.0208. The minimum Gasteiger partial charge on any atom is -0.481 e. The molecule has 5 heterocycles. The minimum atomic E-state index is -2.06. The molecule has 4 aromatic rings. The molecule has 48 nitrogen and oxygen atoms in total. The number of aryl methyl sites for hydroxylation is 1. The van der Waals surface area contributed by atoms with Crippen LogP contribution in [-0.2, 0) is 145 Å². The number of hydrogen-bond acceptors (Lipinski definition) is 35. The van der Waals surface area contributed by atoms with Gasteiger partial charge in [-0.15, -0.1) is 0 Å². The van der Waals surface area contributed by atoms with E-state index < -0.39 is 140 Å². The Morgan fingerprint density at radius 2 is 1.12 bits per heavy atom. The molecule has 1 saturated heterocycles. The standard InChI is InChI=1S/C93H127N13O35/c1-3-22-104(23-4-2)89(121)64-50-62-6-7-63(52-71(62)101-74(94)53-64)87(119)100-66-51-65-58-105(24-18-69(65)97-55-66)93(126)139-59-60-5-12-73(140-92-85(118)83(116)84(117)86(141-92)91(124)125)72(49-60)103-76(108)17-20-95-75(107)13-9-61-8-10-67(106-80(112)14-15-81(106)113)54-68(61)88(120)99-57-79(111)98-56-78(110)96-21-26-128-28-30-130-32-34-132-36-38-134-40-42-136-44-46-138-48-47-137-45-43-135-41-39-133-37-35-131-33-31-129-29-27-127-25-19-77(109)102-70(90(122)123)11-16-82(114)115/h5-8,10,12,14-15,49-52,54-55,70,83-86,92,116-118H,3-4,9,11,13,16-48,53,56-59H2,1-2H3,(H2,94,101)(H,95,107)(H,96,110)(H,98,111)(H,99,120)(H,100,119)(H,102,109)(H,103,108)(H,114,115)(H,122,123)(H,124,125)/t70-,83-,84-,85+,86-,92+/m0/s1. The van der Waals surface area contributed by atoms with Gasteiger partial charge in [0.25, 0.3) is 23.6 Å². The number of carboxylic acids is 3. The van der Waals surface area contributed by atoms with Gasteiger partial charge in [-0.3, -0.25) is 57.7 Å². The summed E-state index contributed by atoms with van der Waals surface area (Å²) in [7, 11) is 0. The maximum absolute atomic E-state index is 13.8. The number of amidine groups is 1. The third-order valence-electron chi connectivity index (χ3n) is 21.1. The molecule has 0 saturated carbocycles. The number of aliphatic hydroxyl groups excluding tert-OH is 3. The molecular weight excluding hydrogens is 1860 g/mol. The van der Waals surface area contributed by atoms with E-state index in [1.54, 1.807) is 35.2 Å². The lowest BCUT2D eigenvalue weighted by Crippen LogP contribution is -2.61. The molecular formula is C93H127N13O35. The van der Waals surface area contributed by atoms with E-state index in [1.807, 2.05) is 13.8 Å². The van der Waals surface area contributed by atoms with Gasteiger partial charge in [0.2, 0.25) is 41.7 Å². The van der Waals surface area contributed by atoms with E-state index >= 15 is 0 Å². The number of nitrogens with zero attached hydrogens (tertiary/aromatic N) is 5. The average molecular weight is 1990 g/mol. The van der Waals surface area contributed by atoms with Crippen molar-refractivity contribution in [1.82, 2.24) is 41.4 Å². The number of benzene rings is 3. The highest BCUT2D eigenvalue weighted by molar-refractivity contribution is 6.28. The molecule has 141 heavy (non-hydrogen) atoms. The van der Waals surface area contributed by atoms with Gasteiger partial charge in [0, 0.05) is 111 Å². The van der Waals surface area contributed by atoms with Crippen molar-refractivity contribution in [3.05, 3.63) is 124 Å². The third-order valence-corrected chi connectivity index (χ3v) is 21.1. The van der Waals surface area contributed by atoms with Crippen LogP contribution in [0.3, 0.4) is 0 Å². The van der Waals surface area contributed by atoms with Crippen molar-refractivity contribution in [2.24, 2.45) is 10.7 Å². The summed E-state index contributed by atoms with van der Waals surface area (Å²) < 4.78 is 82.6. The Kier molecular flexibility index (Phi) is 51.1. The molecule has 3 aromatic carbocycles. The molecule has 4 aliphatic heterocycles. The van der Waals surface area contributed by atoms with Crippen molar-refractivity contribution in [3.8, 4) is 5.75 Å². The number of rotatable bonds is 69. The van der Waals surface area contributed by atoms with Crippen LogP contribution in [0, 0.1) is 0 Å². The van der Waals surface area contributed by atoms with Gasteiger partial charge in [0.15, 0.2) is 6.10 Å². The third kappa shape index (κ3) is 41.3. The molecule has 15 N–H and O–H groups in total. The van der Waals surface area contributed by atoms with Gasteiger partial charge in [0.1, 0.15) is 42.5 Å². The fourth-order valence-electron chi connectivity index (χ4n) is 13.9. The van der Waals surface area contributed by atoms with Crippen LogP contribution in [0.2, 0.25) is 0 Å². The van der Waals surface area contributed by atoms with Gasteiger partial charge < -0.3 is 154 Å². The number of carbonyl (C=O) groups excluding carboxylic acids is 11. The number of aliphatic carboxylic acids is 3. The lowest BCUT2D eigenvalue weighted by Gasteiger charge is -2.38. The zero-order valence-corrected chi connectivity index (χ0v) is 78.8. The number of fused-ring (bicyclic) bond motifs is 2. The SMILES string of the molecule is CCCN(CCC)C(=O)C1=Cc2ccc(C(=O)Nc3cnc4c(c3)CN(C(=O)OCc3ccc(O[C@@H]5O[C@H](C(=O)O)[C@@H](O)[C@H](O)[C@H]5O)c(NC(=O)CCNC(=O)CCc5ccc(N6C(=O)C=CC6=O)cc5C(=O)NCC(=O)NCC(=O)NCCOCCOCCOCCOCCOCCOCCOCCOCCOCCOCCOCCOCCC(=O)N[C@@H](CCC(=O)O)C(=O)O)c3)CC4)cc2N=C(N)C1. The Labute approximate surface area is 812 Å². The van der Waals surface area contributed by atoms with Crippen LogP contribution in [0.5, 0.6) is 5.75 Å². The number of anilines is 3. The number of aliphatic imine (C=N–C) groups is 1. The minimum absolute atomic E-state index is 0.00516. The van der Waals surface area contributed by atoms with E-state index in [4.69, 9.17) is 87.0 Å². The van der Waals surface area contributed by atoms with Crippen molar-refractivity contribution >= 4 is 118 Å². The topological polar surface area (TPSA) is 644 Å². The van der Waals surface area contributed by atoms with Crippen molar-refractivity contribution in [3.63, 3.8) is 0 Å². The molecule has 48 heteroatoms. The highest BCUT2D eigenvalue weighted by atomic mass is 16.7. The van der Waals surface area contributed by atoms with E-state index in [9.17, 15) is 87.5 Å². The number of aliphatic hydroxyl groups is 3. The van der Waals surface area contributed by atoms with Crippen molar-refractivity contribution in [2.75, 3.05) is 220 Å². The maximum Gasteiger partial charge on any atom is 0.410 e. The van der Waals surface area contributed by atoms with E-state index in [0.717, 1.165) is 29.9 Å². The lowest BCUT2D eigenvalue weighted by atomic mass is 9.99. The van der Waals surface area contributed by atoms with Gasteiger partial charge in [-0.05, 0) is 90.9 Å². The zero-order chi connectivity index (χ0) is 102. The average Bonchev–Trinajstić information content (AvgIpc) is 1.73. The first kappa shape index (κ1) is 114. The highest BCUT2D eigenvalue weighted by Crippen LogP contribution is 2.34. The summed E-state index contributed by atoms with van der Waals surface area (Å²) in [6.45, 7) is 11.5. The molecule has 11 amide bonds. The summed E-state index contributed by atoms with van der Waals surface area (Å²) in [5, 5.41) is 77.2. The molecule has 0 radical (unpaired) electrons. The summed E-state index contributed by atoms with van der Waals surface area (Å²) in [5.41, 5.74) is 9.93. The Bertz CT molecular complexity index is 4860. The summed E-state index contributed by atoms with van der Waals surface area (Å²) in [5.74, 6) is -10.3. The number of aromatic nitrogens is 1. The maximum atomic E-state index is 13.8. The molecule has 0 bridgehead atoms. The summed E-state index contributed by atoms with van der Waals surface area (Å²) >= 11 is 0. The molecule has 774 valence electrons. The second-order valence-electron chi connectivity index (χ2n) is 31.8. The first-order chi connectivity index (χ1) is 68.1. The lowest BCUT2D eigenvalue weighted by molar-refractivity contribution is -0.271. The van der Waals surface area contributed by atoms with E-state index in [1.165, 1.54) is 47.5 Å². The normalized spacial score (nSPS) is 16.1. The van der Waals surface area contributed by atoms with E-state index in [0.29, 0.717) is 172 Å². The largest absolute Gasteiger partial charge is 0.481 e. The molecule has 1 fully saturated rings. The highest BCUT2D eigenvalue weighted by Gasteiger charge is 2.48. The second-order valence-corrected chi connectivity index (χ2v) is 31.8. The van der Waals surface area contributed by atoms with Crippen LogP contribution in [0.4, 0.5) is 27.5 Å². The molecule has 6 atom stereocenters. The summed E-state index contributed by atoms with van der Waals surface area (Å²) in [6, 6.07) is 13.4. The molecule has 1 aromatic heterocycles. The fraction of sp³-hybridized carbons (Fsp3) is 0.548. The van der Waals surface area contributed by atoms with E-state index in [-0.39, 0.29) is 155 Å². The van der Waals surface area contributed by atoms with Crippen molar-refractivity contribution in [1.29, 1.82) is 0 Å². The van der Waals surface area contributed by atoms with Crippen LogP contribution in [0.25, 0.3) is 6.08 Å². The van der Waals surface area contributed by atoms with Crippen LogP contribution in [0.1, 0.15) is 114 Å². The van der Waals surface area contributed by atoms with Gasteiger partial charge in [-0.25, -0.2) is 24.3 Å². The number of nitrogens with two attached hydrogens (primary N) is 1. The van der Waals surface area contributed by atoms with Crippen molar-refractivity contribution in [2.45, 2.75) is 128 Å². The summed E-state index contributed by atoms with van der Waals surface area (Å²) in [4.78, 5) is 192. The monoisotopic (exact) mass is 1990 g/mol. The first-order valence-electron chi connectivity index (χ1n) is 46.2. The summed E-state index contributed by atoms with van der Waals surface area (Å²) in [6.07, 6.45) is -5.02. The Hall–Kier alpha value is -12.5. The van der Waals surface area contributed by atoms with Gasteiger partial charge in [0.05, 0.1) is 207 Å². The molecule has 8 rings (SSSR count). The number of nitrogens with one attached hydrogen (secondary N) is 7. The van der Waals surface area contributed by atoms with Gasteiger partial charge >= 0.3 is 24.0 Å². The van der Waals surface area contributed by atoms with E-state index in [2.05, 4.69) is 47.2 Å². The fourth-order valence-corrected chi connectivity index (χ4v) is 13.9. The number of pyridine rings is 1. The smallest absolute Gasteiger partial charge is 0.410 e. The Morgan fingerprint density at radius 3 is 1.69 bits per heavy atom. The number of ether oxygens (including phenoxy) is 15. The predicted octanol–water partition coefficient (Wildman–Crippen LogP) is 0.217. The number of amides is 11. The van der Waals surface area contributed by atoms with Gasteiger partial charge in [-0.1, -0.05) is 32.0 Å². The predicted molar refractivity (Wildman–Crippen MR) is 497 cm³/mol. The van der Waals surface area contributed by atoms with Crippen LogP contribution < -0.4 is 52.6 Å². The van der Waals surface area contributed by atoms with Crippen molar-refractivity contribution < 1.29 is 169 Å². The molecule has 4 aliphatic rings. The Morgan fingerprint density at radius 1 is 0.560 bits per heavy atom. The number of carbonyl (C=O) groups is 14. The number of hydrogen-bond donors (Lipinski definition) is 14. The molecule has 0 unspecified atom stereocenters.